The molecule has 4 nitrogen and oxygen atoms in total. The molecule has 5 aromatic rings. The van der Waals surface area contributed by atoms with Crippen molar-refractivity contribution in [2.75, 3.05) is 19.6 Å². The molecule has 31 heavy (non-hydrogen) atoms. The van der Waals surface area contributed by atoms with Crippen LogP contribution in [0.1, 0.15) is 19.8 Å². The van der Waals surface area contributed by atoms with E-state index in [4.69, 9.17) is 4.42 Å². The maximum absolute atomic E-state index is 12.8. The van der Waals surface area contributed by atoms with Gasteiger partial charge in [0.05, 0.1) is 16.4 Å². The molecule has 0 aliphatic carbocycles. The lowest BCUT2D eigenvalue weighted by molar-refractivity contribution is 0.188. The number of likely N-dealkylation sites (tertiary alicyclic amines) is 1. The normalized spacial score (nSPS) is 16.2. The van der Waals surface area contributed by atoms with E-state index in [1.165, 1.54) is 23.6 Å². The van der Waals surface area contributed by atoms with Crippen LogP contribution in [0.5, 0.6) is 0 Å². The van der Waals surface area contributed by atoms with E-state index >= 15 is 0 Å². The second-order valence-electron chi connectivity index (χ2n) is 8.97. The lowest BCUT2D eigenvalue weighted by Gasteiger charge is -2.30. The van der Waals surface area contributed by atoms with Crippen LogP contribution in [0, 0.1) is 5.92 Å². The molecule has 0 atom stereocenters. The zero-order chi connectivity index (χ0) is 20.9. The van der Waals surface area contributed by atoms with Gasteiger partial charge in [0.1, 0.15) is 0 Å². The molecule has 6 rings (SSSR count). The molecule has 0 spiro atoms. The van der Waals surface area contributed by atoms with Crippen LogP contribution >= 0.6 is 0 Å². The Hall–Kier alpha value is -3.11. The Morgan fingerprint density at radius 1 is 0.806 bits per heavy atom. The molecule has 1 saturated heterocycles. The number of benzene rings is 3. The molecule has 0 N–H and O–H groups in total. The average molecular weight is 411 g/mol. The lowest BCUT2D eigenvalue weighted by atomic mass is 9.99. The van der Waals surface area contributed by atoms with Crippen LogP contribution in [0.4, 0.5) is 0 Å². The Balaban J connectivity index is 1.63. The minimum Gasteiger partial charge on any atom is -0.420 e. The highest BCUT2D eigenvalue weighted by Crippen LogP contribution is 2.36. The summed E-state index contributed by atoms with van der Waals surface area (Å²) in [4.78, 5) is 15.3. The van der Waals surface area contributed by atoms with Crippen molar-refractivity contribution in [3.8, 4) is 0 Å². The van der Waals surface area contributed by atoms with Crippen LogP contribution in [0.15, 0.2) is 69.9 Å². The molecule has 2 aromatic heterocycles. The third-order valence-corrected chi connectivity index (χ3v) is 7.01. The topological polar surface area (TPSA) is 38.4 Å². The standard InChI is InChI=1S/C27H26N2O2/c1-18-12-14-28(15-13-18)16-17-29-24-20-7-3-2-6-19(20)10-11-23(24)26-25(29)21-8-4-5-9-22(21)27(30)31-26/h2-11,18H,12-17H2,1H3. The number of fused-ring (bicyclic) bond motifs is 7. The predicted molar refractivity (Wildman–Crippen MR) is 128 cm³/mol. The lowest BCUT2D eigenvalue weighted by Crippen LogP contribution is -2.35. The number of rotatable bonds is 3. The first kappa shape index (κ1) is 18.6. The van der Waals surface area contributed by atoms with Crippen LogP contribution in [-0.2, 0) is 6.54 Å². The smallest absolute Gasteiger partial charge is 0.344 e. The minimum atomic E-state index is -0.264. The van der Waals surface area contributed by atoms with Gasteiger partial charge in [0.2, 0.25) is 0 Å². The van der Waals surface area contributed by atoms with Crippen LogP contribution in [0.2, 0.25) is 0 Å². The van der Waals surface area contributed by atoms with Gasteiger partial charge in [-0.3, -0.25) is 0 Å². The molecule has 0 unspecified atom stereocenters. The van der Waals surface area contributed by atoms with Crippen molar-refractivity contribution >= 4 is 43.5 Å². The monoisotopic (exact) mass is 410 g/mol. The number of aromatic nitrogens is 1. The SMILES string of the molecule is CC1CCN(CCn2c3c4ccccc4ccc3c3oc(=O)c4ccccc4c32)CC1. The van der Waals surface area contributed by atoms with Crippen molar-refractivity contribution < 1.29 is 4.42 Å². The Kier molecular flexibility index (Phi) is 4.35. The van der Waals surface area contributed by atoms with Gasteiger partial charge in [0, 0.05) is 29.2 Å². The molecule has 3 aromatic carbocycles. The summed E-state index contributed by atoms with van der Waals surface area (Å²) in [7, 11) is 0. The van der Waals surface area contributed by atoms with Gasteiger partial charge in [0.15, 0.2) is 5.58 Å². The van der Waals surface area contributed by atoms with E-state index in [0.29, 0.717) is 11.0 Å². The van der Waals surface area contributed by atoms with E-state index in [0.717, 1.165) is 53.9 Å². The highest BCUT2D eigenvalue weighted by atomic mass is 16.4. The van der Waals surface area contributed by atoms with Gasteiger partial charge < -0.3 is 13.9 Å². The van der Waals surface area contributed by atoms with Crippen molar-refractivity contribution in [2.24, 2.45) is 5.92 Å². The summed E-state index contributed by atoms with van der Waals surface area (Å²) in [5.41, 5.74) is 2.64. The van der Waals surface area contributed by atoms with Crippen LogP contribution in [0.25, 0.3) is 43.5 Å². The van der Waals surface area contributed by atoms with Crippen LogP contribution in [0.3, 0.4) is 0 Å². The first-order chi connectivity index (χ1) is 15.2. The second-order valence-corrected chi connectivity index (χ2v) is 8.97. The molecular weight excluding hydrogens is 384 g/mol. The molecule has 0 bridgehead atoms. The molecule has 4 heteroatoms. The average Bonchev–Trinajstić information content (AvgIpc) is 3.13. The van der Waals surface area contributed by atoms with Gasteiger partial charge in [-0.2, -0.15) is 0 Å². The predicted octanol–water partition coefficient (Wildman–Crippen LogP) is 5.79. The fourth-order valence-corrected chi connectivity index (χ4v) is 5.23. The zero-order valence-corrected chi connectivity index (χ0v) is 17.8. The van der Waals surface area contributed by atoms with Crippen molar-refractivity contribution in [1.29, 1.82) is 0 Å². The minimum absolute atomic E-state index is 0.264. The van der Waals surface area contributed by atoms with E-state index in [2.05, 4.69) is 58.9 Å². The maximum Gasteiger partial charge on any atom is 0.344 e. The van der Waals surface area contributed by atoms with E-state index in [1.54, 1.807) is 0 Å². The van der Waals surface area contributed by atoms with Crippen molar-refractivity contribution in [2.45, 2.75) is 26.3 Å². The molecule has 0 saturated carbocycles. The fourth-order valence-electron chi connectivity index (χ4n) is 5.23. The van der Waals surface area contributed by atoms with Gasteiger partial charge in [-0.1, -0.05) is 55.5 Å². The summed E-state index contributed by atoms with van der Waals surface area (Å²) in [6.45, 7) is 6.55. The number of hydrogen-bond acceptors (Lipinski definition) is 3. The maximum atomic E-state index is 12.8. The van der Waals surface area contributed by atoms with E-state index in [-0.39, 0.29) is 5.63 Å². The first-order valence-electron chi connectivity index (χ1n) is 11.3. The van der Waals surface area contributed by atoms with E-state index in [1.807, 2.05) is 18.2 Å². The quantitative estimate of drug-likeness (QED) is 0.378. The van der Waals surface area contributed by atoms with Crippen LogP contribution in [-0.4, -0.2) is 29.1 Å². The Bertz CT molecular complexity index is 1490. The summed E-state index contributed by atoms with van der Waals surface area (Å²) in [5.74, 6) is 0.826. The largest absolute Gasteiger partial charge is 0.420 e. The highest BCUT2D eigenvalue weighted by Gasteiger charge is 2.21. The molecule has 1 aliphatic rings. The van der Waals surface area contributed by atoms with Crippen molar-refractivity contribution in [1.82, 2.24) is 9.47 Å². The third kappa shape index (κ3) is 2.97. The molecule has 1 fully saturated rings. The molecule has 0 radical (unpaired) electrons. The Morgan fingerprint density at radius 2 is 1.52 bits per heavy atom. The molecule has 0 amide bonds. The van der Waals surface area contributed by atoms with Gasteiger partial charge in [-0.25, -0.2) is 4.79 Å². The van der Waals surface area contributed by atoms with Gasteiger partial charge in [-0.05, 0) is 49.4 Å². The van der Waals surface area contributed by atoms with Crippen molar-refractivity contribution in [3.63, 3.8) is 0 Å². The second kappa shape index (κ2) is 7.24. The summed E-state index contributed by atoms with van der Waals surface area (Å²) in [6, 6.07) is 20.6. The summed E-state index contributed by atoms with van der Waals surface area (Å²) in [6.07, 6.45) is 2.54. The summed E-state index contributed by atoms with van der Waals surface area (Å²) in [5, 5.41) is 5.05. The molecule has 156 valence electrons. The van der Waals surface area contributed by atoms with E-state index in [9.17, 15) is 4.79 Å². The van der Waals surface area contributed by atoms with Gasteiger partial charge in [-0.15, -0.1) is 0 Å². The summed E-state index contributed by atoms with van der Waals surface area (Å²) < 4.78 is 8.33. The Labute approximate surface area is 180 Å². The Morgan fingerprint density at radius 3 is 2.32 bits per heavy atom. The number of nitrogens with zero attached hydrogens (tertiary/aromatic N) is 2. The number of hydrogen-bond donors (Lipinski definition) is 0. The molecular formula is C27H26N2O2. The zero-order valence-electron chi connectivity index (χ0n) is 17.8. The van der Waals surface area contributed by atoms with Gasteiger partial charge in [0.25, 0.3) is 0 Å². The molecule has 1 aliphatic heterocycles. The molecule has 3 heterocycles. The first-order valence-corrected chi connectivity index (χ1v) is 11.3. The van der Waals surface area contributed by atoms with Crippen molar-refractivity contribution in [3.05, 3.63) is 71.1 Å². The number of piperidine rings is 1. The highest BCUT2D eigenvalue weighted by molar-refractivity contribution is 6.20. The van der Waals surface area contributed by atoms with E-state index < -0.39 is 0 Å². The summed E-state index contributed by atoms with van der Waals surface area (Å²) >= 11 is 0. The van der Waals surface area contributed by atoms with Gasteiger partial charge >= 0.3 is 5.63 Å². The van der Waals surface area contributed by atoms with Crippen LogP contribution < -0.4 is 5.63 Å². The fraction of sp³-hybridized carbons (Fsp3) is 0.296. The third-order valence-electron chi connectivity index (χ3n) is 7.01.